The Morgan fingerprint density at radius 1 is 0.138 bits per heavy atom. The van der Waals surface area contributed by atoms with Crippen molar-refractivity contribution in [2.75, 3.05) is 0 Å². The van der Waals surface area contributed by atoms with Crippen molar-refractivity contribution in [2.45, 2.75) is 0 Å². The van der Waals surface area contributed by atoms with E-state index in [0.29, 0.717) is 0 Å². The molecule has 0 aliphatic carbocycles. The Morgan fingerprint density at radius 2 is 0.224 bits per heavy atom. The molecule has 0 aliphatic heterocycles. The normalized spacial score (nSPS) is 10.4. The van der Waals surface area contributed by atoms with Gasteiger partial charge in [-0.15, -0.1) is 0 Å². The van der Waals surface area contributed by atoms with Crippen molar-refractivity contribution >= 4 is 71.5 Å². The fraction of sp³-hybridized carbons (Fsp3) is 0. The molecular formula is C54H47P3Ru. The smallest absolute Gasteiger partial charge is 0.0134 e. The minimum atomic E-state index is -0.446. The Bertz CT molecular complexity index is 1860. The molecule has 0 atom stereocenters. The van der Waals surface area contributed by atoms with E-state index in [1.54, 1.807) is 0 Å². The third-order valence-electron chi connectivity index (χ3n) is 9.13. The van der Waals surface area contributed by atoms with Crippen LogP contribution >= 0.6 is 23.8 Å². The first-order chi connectivity index (χ1) is 28.3. The minimum Gasteiger partial charge on any atom is -0.0622 e. The van der Waals surface area contributed by atoms with E-state index >= 15 is 0 Å². The van der Waals surface area contributed by atoms with Crippen LogP contribution in [0, 0.1) is 0 Å². The molecular weight excluding hydrogens is 843 g/mol. The number of hydrogen-bond acceptors (Lipinski definition) is 0. The minimum absolute atomic E-state index is 0. The fourth-order valence-electron chi connectivity index (χ4n) is 6.54. The van der Waals surface area contributed by atoms with E-state index in [1.165, 1.54) is 47.7 Å². The Morgan fingerprint density at radius 3 is 0.310 bits per heavy atom. The standard InChI is InChI=1S/3C18H15P.Ru.2H/c3*1-4-10-16(11-5-1)19(17-12-6-2-7-13-17)18-14-8-3-9-15-18;;;/h3*1-15H;;;. The van der Waals surface area contributed by atoms with Crippen LogP contribution in [-0.4, -0.2) is 0 Å². The molecule has 58 heavy (non-hydrogen) atoms. The second-order valence-electron chi connectivity index (χ2n) is 13.0. The first kappa shape index (κ1) is 42.5. The van der Waals surface area contributed by atoms with Crippen LogP contribution in [0.4, 0.5) is 0 Å². The summed E-state index contributed by atoms with van der Waals surface area (Å²) in [6, 6.07) is 97.0. The molecule has 0 nitrogen and oxygen atoms in total. The van der Waals surface area contributed by atoms with Gasteiger partial charge in [0.1, 0.15) is 0 Å². The SMILES string of the molecule is [RuH2].c1ccc(P(c2ccccc2)c2ccccc2)cc1.c1ccc(P(c2ccccc2)c2ccccc2)cc1.c1ccc(P(c2ccccc2)c2ccccc2)cc1. The summed E-state index contributed by atoms with van der Waals surface area (Å²) in [6.45, 7) is 0. The van der Waals surface area contributed by atoms with E-state index < -0.39 is 23.8 Å². The summed E-state index contributed by atoms with van der Waals surface area (Å²) in [7, 11) is -1.34. The molecule has 4 heteroatoms. The Balaban J connectivity index is 0.000000145. The third-order valence-corrected chi connectivity index (χ3v) is 16.5. The molecule has 0 spiro atoms. The monoisotopic (exact) mass is 890 g/mol. The Hall–Kier alpha value is -5.11. The fourth-order valence-corrected chi connectivity index (χ4v) is 13.5. The maximum absolute atomic E-state index is 2.23. The number of hydrogen-bond donors (Lipinski definition) is 0. The predicted molar refractivity (Wildman–Crippen MR) is 258 cm³/mol. The summed E-state index contributed by atoms with van der Waals surface area (Å²) >= 11 is 0. The van der Waals surface area contributed by atoms with Gasteiger partial charge in [0.15, 0.2) is 0 Å². The first-order valence-electron chi connectivity index (χ1n) is 19.2. The number of rotatable bonds is 9. The summed E-state index contributed by atoms with van der Waals surface area (Å²) in [4.78, 5) is 0. The quantitative estimate of drug-likeness (QED) is 0.100. The topological polar surface area (TPSA) is 0 Å². The Labute approximate surface area is 361 Å². The van der Waals surface area contributed by atoms with Crippen molar-refractivity contribution in [3.05, 3.63) is 273 Å². The molecule has 286 valence electrons. The van der Waals surface area contributed by atoms with E-state index in [4.69, 9.17) is 0 Å². The van der Waals surface area contributed by atoms with Crippen LogP contribution in [0.15, 0.2) is 273 Å². The van der Waals surface area contributed by atoms with Gasteiger partial charge in [0, 0.05) is 0 Å². The van der Waals surface area contributed by atoms with Crippen molar-refractivity contribution < 1.29 is 19.5 Å². The van der Waals surface area contributed by atoms with Gasteiger partial charge in [-0.05, 0) is 71.5 Å². The van der Waals surface area contributed by atoms with E-state index in [-0.39, 0.29) is 19.5 Å². The average molecular weight is 890 g/mol. The summed E-state index contributed by atoms with van der Waals surface area (Å²) in [5.41, 5.74) is 0. The van der Waals surface area contributed by atoms with E-state index in [0.717, 1.165) is 0 Å². The molecule has 0 N–H and O–H groups in total. The van der Waals surface area contributed by atoms with Gasteiger partial charge < -0.3 is 0 Å². The molecule has 0 amide bonds. The zero-order valence-corrected chi connectivity index (χ0v) is 36.9. The Kier molecular flexibility index (Phi) is 17.1. The molecule has 0 bridgehead atoms. The van der Waals surface area contributed by atoms with Crippen molar-refractivity contribution in [2.24, 2.45) is 0 Å². The molecule has 9 rings (SSSR count). The van der Waals surface area contributed by atoms with Crippen LogP contribution < -0.4 is 47.7 Å². The van der Waals surface area contributed by atoms with Gasteiger partial charge >= 0.3 is 19.5 Å². The van der Waals surface area contributed by atoms with Crippen LogP contribution in [-0.2, 0) is 19.5 Å². The molecule has 0 fully saturated rings. The molecule has 9 aromatic rings. The number of benzene rings is 9. The van der Waals surface area contributed by atoms with Crippen LogP contribution in [0.5, 0.6) is 0 Å². The van der Waals surface area contributed by atoms with E-state index in [9.17, 15) is 0 Å². The second kappa shape index (κ2) is 23.3. The first-order valence-corrected chi connectivity index (χ1v) is 23.2. The third kappa shape index (κ3) is 12.0. The zero-order valence-electron chi connectivity index (χ0n) is 32.2. The molecule has 0 saturated carbocycles. The van der Waals surface area contributed by atoms with Crippen LogP contribution in [0.3, 0.4) is 0 Å². The summed E-state index contributed by atoms with van der Waals surface area (Å²) in [6.07, 6.45) is 0. The largest absolute Gasteiger partial charge is 0.0622 e. The van der Waals surface area contributed by atoms with Gasteiger partial charge in [-0.25, -0.2) is 0 Å². The summed E-state index contributed by atoms with van der Waals surface area (Å²) in [5.74, 6) is 0. The molecule has 9 aromatic carbocycles. The molecule has 0 radical (unpaired) electrons. The van der Waals surface area contributed by atoms with Crippen molar-refractivity contribution in [3.8, 4) is 0 Å². The van der Waals surface area contributed by atoms with Crippen molar-refractivity contribution in [1.29, 1.82) is 0 Å². The van der Waals surface area contributed by atoms with Crippen LogP contribution in [0.25, 0.3) is 0 Å². The predicted octanol–water partition coefficient (Wildman–Crippen LogP) is 9.80. The van der Waals surface area contributed by atoms with Gasteiger partial charge in [0.2, 0.25) is 0 Å². The summed E-state index contributed by atoms with van der Waals surface area (Å²) in [5, 5.41) is 12.6. The molecule has 0 aliphatic rings. The molecule has 0 heterocycles. The average Bonchev–Trinajstić information content (AvgIpc) is 3.30. The van der Waals surface area contributed by atoms with Crippen molar-refractivity contribution in [1.82, 2.24) is 0 Å². The maximum Gasteiger partial charge on any atom is -0.0134 e. The van der Waals surface area contributed by atoms with Gasteiger partial charge in [0.25, 0.3) is 0 Å². The van der Waals surface area contributed by atoms with Crippen LogP contribution in [0.1, 0.15) is 0 Å². The van der Waals surface area contributed by atoms with Gasteiger partial charge in [-0.2, -0.15) is 0 Å². The maximum atomic E-state index is 2.23. The zero-order chi connectivity index (χ0) is 38.7. The van der Waals surface area contributed by atoms with Gasteiger partial charge in [-0.1, -0.05) is 273 Å². The van der Waals surface area contributed by atoms with E-state index in [2.05, 4.69) is 273 Å². The van der Waals surface area contributed by atoms with Crippen molar-refractivity contribution in [3.63, 3.8) is 0 Å². The van der Waals surface area contributed by atoms with E-state index in [1.807, 2.05) is 0 Å². The second-order valence-corrected chi connectivity index (χ2v) is 19.7. The molecule has 0 aromatic heterocycles. The van der Waals surface area contributed by atoms with Gasteiger partial charge in [0.05, 0.1) is 0 Å². The van der Waals surface area contributed by atoms with Gasteiger partial charge in [-0.3, -0.25) is 0 Å². The molecule has 0 saturated heterocycles. The summed E-state index contributed by atoms with van der Waals surface area (Å²) < 4.78 is 0. The molecule has 0 unspecified atom stereocenters. The van der Waals surface area contributed by atoms with Crippen LogP contribution in [0.2, 0.25) is 0 Å².